The zero-order valence-electron chi connectivity index (χ0n) is 12.2. The van der Waals surface area contributed by atoms with Crippen molar-refractivity contribution in [3.05, 3.63) is 28.2 Å². The van der Waals surface area contributed by atoms with Crippen molar-refractivity contribution >= 4 is 15.9 Å². The molecule has 0 radical (unpaired) electrons. The molecule has 0 aliphatic heterocycles. The molecule has 0 saturated carbocycles. The second-order valence-corrected chi connectivity index (χ2v) is 6.53. The third-order valence-corrected chi connectivity index (χ3v) is 3.33. The molecular formula is C15H24BrNO2. The van der Waals surface area contributed by atoms with Crippen molar-refractivity contribution in [2.75, 3.05) is 6.61 Å². The van der Waals surface area contributed by atoms with Crippen LogP contribution < -0.4 is 10.1 Å². The Hall–Kier alpha value is -0.580. The number of hydrogen-bond donors (Lipinski definition) is 2. The van der Waals surface area contributed by atoms with E-state index >= 15 is 0 Å². The third kappa shape index (κ3) is 6.41. The Morgan fingerprint density at radius 2 is 2.05 bits per heavy atom. The van der Waals surface area contributed by atoms with Gasteiger partial charge in [0.25, 0.3) is 0 Å². The lowest BCUT2D eigenvalue weighted by molar-refractivity contribution is 0.0551. The summed E-state index contributed by atoms with van der Waals surface area (Å²) < 4.78 is 6.78. The van der Waals surface area contributed by atoms with Gasteiger partial charge in [0.1, 0.15) is 5.75 Å². The van der Waals surface area contributed by atoms with Crippen molar-refractivity contribution in [3.63, 3.8) is 0 Å². The molecule has 1 aromatic rings. The first-order valence-electron chi connectivity index (χ1n) is 6.65. The average Bonchev–Trinajstić information content (AvgIpc) is 2.27. The van der Waals surface area contributed by atoms with Gasteiger partial charge in [0.2, 0.25) is 0 Å². The zero-order valence-corrected chi connectivity index (χ0v) is 13.8. The summed E-state index contributed by atoms with van der Waals surface area (Å²) in [5.41, 5.74) is 0.427. The number of nitrogens with one attached hydrogen (secondary N) is 1. The Balaban J connectivity index is 2.69. The minimum atomic E-state index is -0.697. The quantitative estimate of drug-likeness (QED) is 0.804. The third-order valence-electron chi connectivity index (χ3n) is 2.71. The molecule has 1 rings (SSSR count). The van der Waals surface area contributed by atoms with Crippen LogP contribution >= 0.6 is 15.9 Å². The highest BCUT2D eigenvalue weighted by atomic mass is 79.9. The monoisotopic (exact) mass is 329 g/mol. The maximum atomic E-state index is 9.71. The van der Waals surface area contributed by atoms with E-state index < -0.39 is 5.60 Å². The number of benzene rings is 1. The highest BCUT2D eigenvalue weighted by Gasteiger charge is 2.14. The van der Waals surface area contributed by atoms with E-state index in [4.69, 9.17) is 4.74 Å². The molecule has 2 N–H and O–H groups in total. The normalized spacial score (nSPS) is 11.9. The summed E-state index contributed by atoms with van der Waals surface area (Å²) in [6, 6.07) is 6.46. The van der Waals surface area contributed by atoms with Crippen molar-refractivity contribution < 1.29 is 9.84 Å². The predicted octanol–water partition coefficient (Wildman–Crippen LogP) is 3.49. The molecule has 3 nitrogen and oxygen atoms in total. The standard InChI is InChI=1S/C15H24BrNO2/c1-11(2)17-10-12-6-5-7-13(16)14(12)19-9-8-15(3,4)18/h5-7,11,17-18H,8-10H2,1-4H3. The van der Waals surface area contributed by atoms with Crippen LogP contribution in [0.15, 0.2) is 22.7 Å². The molecule has 0 amide bonds. The van der Waals surface area contributed by atoms with E-state index in [2.05, 4.69) is 41.2 Å². The minimum absolute atomic E-state index is 0.434. The molecule has 1 aromatic carbocycles. The highest BCUT2D eigenvalue weighted by molar-refractivity contribution is 9.10. The molecule has 0 bridgehead atoms. The van der Waals surface area contributed by atoms with Gasteiger partial charge in [0.05, 0.1) is 16.7 Å². The van der Waals surface area contributed by atoms with Gasteiger partial charge in [0, 0.05) is 24.6 Å². The molecule has 4 heteroatoms. The van der Waals surface area contributed by atoms with Crippen LogP contribution in [-0.2, 0) is 6.54 Å². The lowest BCUT2D eigenvalue weighted by Gasteiger charge is -2.19. The first-order valence-corrected chi connectivity index (χ1v) is 7.45. The van der Waals surface area contributed by atoms with Crippen molar-refractivity contribution in [3.8, 4) is 5.75 Å². The van der Waals surface area contributed by atoms with E-state index in [9.17, 15) is 5.11 Å². The van der Waals surface area contributed by atoms with E-state index in [0.717, 1.165) is 22.3 Å². The van der Waals surface area contributed by atoms with Crippen LogP contribution in [0.4, 0.5) is 0 Å². The van der Waals surface area contributed by atoms with E-state index in [-0.39, 0.29) is 0 Å². The molecule has 0 fully saturated rings. The fraction of sp³-hybridized carbons (Fsp3) is 0.600. The molecule has 0 unspecified atom stereocenters. The van der Waals surface area contributed by atoms with Gasteiger partial charge < -0.3 is 15.2 Å². The van der Waals surface area contributed by atoms with Crippen molar-refractivity contribution in [1.82, 2.24) is 5.32 Å². The Bertz CT molecular complexity index is 400. The molecule has 0 aliphatic carbocycles. The van der Waals surface area contributed by atoms with Gasteiger partial charge in [-0.25, -0.2) is 0 Å². The number of aliphatic hydroxyl groups is 1. The van der Waals surface area contributed by atoms with Gasteiger partial charge in [-0.05, 0) is 35.8 Å². The fourth-order valence-electron chi connectivity index (χ4n) is 1.57. The molecule has 0 aromatic heterocycles. The van der Waals surface area contributed by atoms with Crippen molar-refractivity contribution in [2.45, 2.75) is 52.3 Å². The van der Waals surface area contributed by atoms with Crippen LogP contribution in [0.1, 0.15) is 39.7 Å². The molecule has 0 atom stereocenters. The first kappa shape index (κ1) is 16.5. The Labute approximate surface area is 124 Å². The maximum absolute atomic E-state index is 9.71. The van der Waals surface area contributed by atoms with Gasteiger partial charge >= 0.3 is 0 Å². The smallest absolute Gasteiger partial charge is 0.137 e. The maximum Gasteiger partial charge on any atom is 0.137 e. The van der Waals surface area contributed by atoms with E-state index in [0.29, 0.717) is 19.1 Å². The van der Waals surface area contributed by atoms with Gasteiger partial charge in [-0.3, -0.25) is 0 Å². The van der Waals surface area contributed by atoms with Gasteiger partial charge in [-0.1, -0.05) is 26.0 Å². The number of rotatable bonds is 7. The Morgan fingerprint density at radius 1 is 1.37 bits per heavy atom. The van der Waals surface area contributed by atoms with Crippen LogP contribution in [0.3, 0.4) is 0 Å². The van der Waals surface area contributed by atoms with Gasteiger partial charge in [-0.15, -0.1) is 0 Å². The first-order chi connectivity index (χ1) is 8.79. The molecule has 0 saturated heterocycles. The molecule has 0 heterocycles. The van der Waals surface area contributed by atoms with E-state index in [1.807, 2.05) is 12.1 Å². The van der Waals surface area contributed by atoms with E-state index in [1.54, 1.807) is 13.8 Å². The van der Waals surface area contributed by atoms with Gasteiger partial charge in [0.15, 0.2) is 0 Å². The van der Waals surface area contributed by atoms with E-state index in [1.165, 1.54) is 0 Å². The summed E-state index contributed by atoms with van der Waals surface area (Å²) in [4.78, 5) is 0. The number of hydrogen-bond acceptors (Lipinski definition) is 3. The van der Waals surface area contributed by atoms with Gasteiger partial charge in [-0.2, -0.15) is 0 Å². The van der Waals surface area contributed by atoms with Crippen LogP contribution in [0, 0.1) is 0 Å². The predicted molar refractivity (Wildman–Crippen MR) is 82.5 cm³/mol. The molecule has 0 aliphatic rings. The van der Waals surface area contributed by atoms with Crippen LogP contribution in [0.2, 0.25) is 0 Å². The highest BCUT2D eigenvalue weighted by Crippen LogP contribution is 2.29. The molecule has 108 valence electrons. The molecule has 0 spiro atoms. The van der Waals surface area contributed by atoms with Crippen molar-refractivity contribution in [1.29, 1.82) is 0 Å². The lowest BCUT2D eigenvalue weighted by atomic mass is 10.1. The number of para-hydroxylation sites is 1. The largest absolute Gasteiger partial charge is 0.492 e. The summed E-state index contributed by atoms with van der Waals surface area (Å²) in [5.74, 6) is 0.861. The van der Waals surface area contributed by atoms with Crippen LogP contribution in [0.5, 0.6) is 5.75 Å². The summed E-state index contributed by atoms with van der Waals surface area (Å²) in [7, 11) is 0. The fourth-order valence-corrected chi connectivity index (χ4v) is 2.09. The second kappa shape index (κ2) is 7.27. The summed E-state index contributed by atoms with van der Waals surface area (Å²) >= 11 is 3.52. The summed E-state index contributed by atoms with van der Waals surface area (Å²) in [6.07, 6.45) is 0.603. The van der Waals surface area contributed by atoms with Crippen molar-refractivity contribution in [2.24, 2.45) is 0 Å². The Morgan fingerprint density at radius 3 is 2.63 bits per heavy atom. The molecule has 19 heavy (non-hydrogen) atoms. The number of halogens is 1. The SMILES string of the molecule is CC(C)NCc1cccc(Br)c1OCCC(C)(C)O. The molecular weight excluding hydrogens is 306 g/mol. The average molecular weight is 330 g/mol. The summed E-state index contributed by atoms with van der Waals surface area (Å²) in [6.45, 7) is 9.09. The lowest BCUT2D eigenvalue weighted by Crippen LogP contribution is -2.23. The topological polar surface area (TPSA) is 41.5 Å². The minimum Gasteiger partial charge on any atom is -0.492 e. The number of ether oxygens (including phenoxy) is 1. The second-order valence-electron chi connectivity index (χ2n) is 5.67. The zero-order chi connectivity index (χ0) is 14.5. The summed E-state index contributed by atoms with van der Waals surface area (Å²) in [5, 5.41) is 13.1. The Kier molecular flexibility index (Phi) is 6.30. The van der Waals surface area contributed by atoms with Crippen LogP contribution in [0.25, 0.3) is 0 Å². The van der Waals surface area contributed by atoms with Crippen LogP contribution in [-0.4, -0.2) is 23.4 Å².